The van der Waals surface area contributed by atoms with Gasteiger partial charge in [0.25, 0.3) is 10.0 Å². The Morgan fingerprint density at radius 2 is 1.81 bits per heavy atom. The van der Waals surface area contributed by atoms with Crippen LogP contribution in [-0.4, -0.2) is 47.9 Å². The summed E-state index contributed by atoms with van der Waals surface area (Å²) in [6.45, 7) is 0. The molecular weight excluding hydrogens is 530 g/mol. The van der Waals surface area contributed by atoms with Crippen LogP contribution in [0.25, 0.3) is 22.0 Å². The van der Waals surface area contributed by atoms with E-state index in [2.05, 4.69) is 14.7 Å². The van der Waals surface area contributed by atoms with Gasteiger partial charge in [-0.05, 0) is 24.3 Å². The van der Waals surface area contributed by atoms with Gasteiger partial charge in [0, 0.05) is 34.0 Å². The molecular formula is C21H15F4N3O6S2. The molecule has 4 aromatic rings. The van der Waals surface area contributed by atoms with Gasteiger partial charge in [-0.25, -0.2) is 22.6 Å². The third kappa shape index (κ3) is 5.98. The summed E-state index contributed by atoms with van der Waals surface area (Å²) in [4.78, 5) is 17.0. The number of aromatic hydroxyl groups is 1. The van der Waals surface area contributed by atoms with Gasteiger partial charge in [0.05, 0.1) is 23.9 Å². The van der Waals surface area contributed by atoms with Crippen molar-refractivity contribution >= 4 is 43.2 Å². The first-order valence-electron chi connectivity index (χ1n) is 9.51. The van der Waals surface area contributed by atoms with Crippen molar-refractivity contribution in [3.8, 4) is 22.8 Å². The predicted octanol–water partition coefficient (Wildman–Crippen LogP) is 4.65. The van der Waals surface area contributed by atoms with Crippen molar-refractivity contribution in [3.05, 3.63) is 60.0 Å². The van der Waals surface area contributed by atoms with Crippen LogP contribution in [-0.2, 0) is 14.8 Å². The lowest BCUT2D eigenvalue weighted by Crippen LogP contribution is -2.21. The molecule has 15 heteroatoms. The fraction of sp³-hybridized carbons (Fsp3) is 0.0952. The van der Waals surface area contributed by atoms with Crippen LogP contribution in [0.3, 0.4) is 0 Å². The number of ether oxygens (including phenoxy) is 1. The molecule has 0 amide bonds. The van der Waals surface area contributed by atoms with E-state index in [-0.39, 0.29) is 26.9 Å². The summed E-state index contributed by atoms with van der Waals surface area (Å²) in [5.74, 6) is -3.13. The number of sulfonamides is 1. The second-order valence-corrected chi connectivity index (χ2v) is 9.37. The van der Waals surface area contributed by atoms with Gasteiger partial charge in [-0.15, -0.1) is 11.3 Å². The van der Waals surface area contributed by atoms with Crippen LogP contribution >= 0.6 is 11.3 Å². The summed E-state index contributed by atoms with van der Waals surface area (Å²) in [5.41, 5.74) is 0.932. The molecule has 2 aromatic heterocycles. The zero-order valence-corrected chi connectivity index (χ0v) is 19.6. The number of rotatable bonds is 5. The number of aromatic nitrogens is 2. The smallest absolute Gasteiger partial charge is 0.490 e. The summed E-state index contributed by atoms with van der Waals surface area (Å²) in [7, 11) is -2.48. The Hall–Kier alpha value is -3.98. The summed E-state index contributed by atoms with van der Waals surface area (Å²) < 4.78 is 78.2. The predicted molar refractivity (Wildman–Crippen MR) is 122 cm³/mol. The molecule has 0 aliphatic heterocycles. The zero-order chi connectivity index (χ0) is 26.7. The number of anilines is 1. The molecule has 0 bridgehead atoms. The van der Waals surface area contributed by atoms with Gasteiger partial charge in [0.15, 0.2) is 5.13 Å². The highest BCUT2D eigenvalue weighted by atomic mass is 32.2. The van der Waals surface area contributed by atoms with E-state index < -0.39 is 28.0 Å². The van der Waals surface area contributed by atoms with Crippen LogP contribution in [0, 0.1) is 5.82 Å². The molecule has 0 aliphatic rings. The SMILES string of the molecule is COc1cc(F)ccc1-c1ncc(O)c2cc(S(=O)(=O)Nc3nccs3)ccc12.O=C(O)C(F)(F)F. The molecule has 0 radical (unpaired) electrons. The number of hydrogen-bond acceptors (Lipinski definition) is 8. The van der Waals surface area contributed by atoms with E-state index in [0.717, 1.165) is 11.3 Å². The second kappa shape index (κ2) is 10.3. The molecule has 0 atom stereocenters. The van der Waals surface area contributed by atoms with Gasteiger partial charge in [-0.3, -0.25) is 9.71 Å². The van der Waals surface area contributed by atoms with Crippen molar-refractivity contribution in [2.45, 2.75) is 11.1 Å². The minimum absolute atomic E-state index is 0.0429. The van der Waals surface area contributed by atoms with E-state index in [1.54, 1.807) is 5.38 Å². The van der Waals surface area contributed by atoms with Crippen molar-refractivity contribution in [3.63, 3.8) is 0 Å². The van der Waals surface area contributed by atoms with Crippen LogP contribution < -0.4 is 9.46 Å². The maximum atomic E-state index is 13.5. The van der Waals surface area contributed by atoms with Crippen LogP contribution in [0.1, 0.15) is 0 Å². The first-order chi connectivity index (χ1) is 16.8. The van der Waals surface area contributed by atoms with Gasteiger partial charge < -0.3 is 14.9 Å². The Bertz CT molecular complexity index is 1510. The number of fused-ring (bicyclic) bond motifs is 1. The number of halogens is 4. The largest absolute Gasteiger partial charge is 0.506 e. The Morgan fingerprint density at radius 3 is 2.39 bits per heavy atom. The number of nitrogens with zero attached hydrogens (tertiary/aromatic N) is 2. The number of carboxylic acid groups (broad SMARTS) is 1. The van der Waals surface area contributed by atoms with Crippen molar-refractivity contribution in [2.75, 3.05) is 11.8 Å². The minimum Gasteiger partial charge on any atom is -0.506 e. The minimum atomic E-state index is -5.08. The molecule has 2 heterocycles. The highest BCUT2D eigenvalue weighted by molar-refractivity contribution is 7.93. The molecule has 0 aliphatic carbocycles. The van der Waals surface area contributed by atoms with Crippen molar-refractivity contribution < 1.29 is 45.7 Å². The number of benzene rings is 2. The Morgan fingerprint density at radius 1 is 1.11 bits per heavy atom. The number of aliphatic carboxylic acids is 1. The topological polar surface area (TPSA) is 139 Å². The monoisotopic (exact) mass is 545 g/mol. The van der Waals surface area contributed by atoms with Crippen LogP contribution in [0.2, 0.25) is 0 Å². The average molecular weight is 545 g/mol. The van der Waals surface area contributed by atoms with Gasteiger partial charge in [0.1, 0.15) is 17.3 Å². The Kier molecular flexibility index (Phi) is 7.64. The maximum Gasteiger partial charge on any atom is 0.490 e. The van der Waals surface area contributed by atoms with Gasteiger partial charge >= 0.3 is 12.1 Å². The number of alkyl halides is 3. The second-order valence-electron chi connectivity index (χ2n) is 6.79. The third-order valence-corrected chi connectivity index (χ3v) is 6.62. The van der Waals surface area contributed by atoms with Gasteiger partial charge in [-0.1, -0.05) is 6.07 Å². The van der Waals surface area contributed by atoms with Gasteiger partial charge in [-0.2, -0.15) is 13.2 Å². The molecule has 9 nitrogen and oxygen atoms in total. The molecule has 0 saturated heterocycles. The third-order valence-electron chi connectivity index (χ3n) is 4.46. The fourth-order valence-corrected chi connectivity index (χ4v) is 4.71. The lowest BCUT2D eigenvalue weighted by Gasteiger charge is -2.13. The van der Waals surface area contributed by atoms with Crippen LogP contribution in [0.4, 0.5) is 22.7 Å². The number of methoxy groups -OCH3 is 1. The molecule has 36 heavy (non-hydrogen) atoms. The lowest BCUT2D eigenvalue weighted by molar-refractivity contribution is -0.192. The van der Waals surface area contributed by atoms with E-state index in [0.29, 0.717) is 16.6 Å². The molecule has 4 rings (SSSR count). The van der Waals surface area contributed by atoms with E-state index in [9.17, 15) is 31.1 Å². The first-order valence-corrected chi connectivity index (χ1v) is 11.9. The Labute approximate surface area is 204 Å². The molecule has 2 aromatic carbocycles. The number of thiazole rings is 1. The fourth-order valence-electron chi connectivity index (χ4n) is 2.90. The molecule has 0 saturated carbocycles. The standard InChI is InChI=1S/C19H14FN3O4S2.C2HF3O2/c1-27-17-8-11(20)2-4-14(17)18-13-5-3-12(9-15(13)16(24)10-22-18)29(25,26)23-19-21-6-7-28-19;3-2(4,5)1(6)7/h2-10,24H,1H3,(H,21,23);(H,6,7). The first kappa shape index (κ1) is 26.6. The lowest BCUT2D eigenvalue weighted by atomic mass is 10.0. The average Bonchev–Trinajstić information content (AvgIpc) is 3.31. The van der Waals surface area contributed by atoms with Gasteiger partial charge in [0.2, 0.25) is 0 Å². The maximum absolute atomic E-state index is 13.5. The Balaban J connectivity index is 0.000000454. The normalized spacial score (nSPS) is 11.5. The van der Waals surface area contributed by atoms with Crippen LogP contribution in [0.5, 0.6) is 11.5 Å². The summed E-state index contributed by atoms with van der Waals surface area (Å²) >= 11 is 1.15. The highest BCUT2D eigenvalue weighted by Crippen LogP contribution is 2.37. The molecule has 0 fully saturated rings. The van der Waals surface area contributed by atoms with E-state index in [1.165, 1.54) is 55.9 Å². The number of carboxylic acids is 1. The number of pyridine rings is 1. The van der Waals surface area contributed by atoms with Crippen molar-refractivity contribution in [2.24, 2.45) is 0 Å². The molecule has 0 spiro atoms. The van der Waals surface area contributed by atoms with Crippen molar-refractivity contribution in [1.82, 2.24) is 9.97 Å². The molecule has 0 unspecified atom stereocenters. The van der Waals surface area contributed by atoms with E-state index in [4.69, 9.17) is 14.6 Å². The number of carbonyl (C=O) groups is 1. The zero-order valence-electron chi connectivity index (χ0n) is 17.9. The number of hydrogen-bond donors (Lipinski definition) is 3. The van der Waals surface area contributed by atoms with E-state index >= 15 is 0 Å². The van der Waals surface area contributed by atoms with E-state index in [1.807, 2.05) is 0 Å². The van der Waals surface area contributed by atoms with Crippen LogP contribution in [0.15, 0.2) is 59.1 Å². The highest BCUT2D eigenvalue weighted by Gasteiger charge is 2.38. The summed E-state index contributed by atoms with van der Waals surface area (Å²) in [5, 5.41) is 20.1. The molecule has 3 N–H and O–H groups in total. The number of nitrogens with one attached hydrogen (secondary N) is 1. The summed E-state index contributed by atoms with van der Waals surface area (Å²) in [6.07, 6.45) is -2.38. The molecule has 190 valence electrons. The van der Waals surface area contributed by atoms with Crippen molar-refractivity contribution in [1.29, 1.82) is 0 Å². The summed E-state index contributed by atoms with van der Waals surface area (Å²) in [6, 6.07) is 8.31. The quantitative estimate of drug-likeness (QED) is 0.308.